The molecule has 1 saturated heterocycles. The number of nitrogens with one attached hydrogen (secondary N) is 1. The highest BCUT2D eigenvalue weighted by atomic mass is 16.5. The summed E-state index contributed by atoms with van der Waals surface area (Å²) in [6, 6.07) is 11.1. The van der Waals surface area contributed by atoms with E-state index in [0.717, 1.165) is 45.5 Å². The van der Waals surface area contributed by atoms with Gasteiger partial charge in [-0.05, 0) is 67.3 Å². The SMILES string of the molecule is CC(C)CN1CCOC(CNC(=O)C23CC4CC(C2)CC(c2ccccc2)(C4)C3)C1. The molecule has 4 bridgehead atoms. The molecule has 3 unspecified atom stereocenters. The van der Waals surface area contributed by atoms with Crippen molar-refractivity contribution in [3.05, 3.63) is 35.9 Å². The summed E-state index contributed by atoms with van der Waals surface area (Å²) in [7, 11) is 0. The first-order valence-electron chi connectivity index (χ1n) is 12.1. The topological polar surface area (TPSA) is 41.6 Å². The van der Waals surface area contributed by atoms with Crippen LogP contribution in [-0.4, -0.2) is 49.7 Å². The lowest BCUT2D eigenvalue weighted by molar-refractivity contribution is -0.150. The molecule has 4 saturated carbocycles. The third-order valence-corrected chi connectivity index (χ3v) is 8.27. The smallest absolute Gasteiger partial charge is 0.226 e. The Balaban J connectivity index is 1.27. The maximum Gasteiger partial charge on any atom is 0.226 e. The molecule has 1 aromatic rings. The molecule has 1 aliphatic heterocycles. The summed E-state index contributed by atoms with van der Waals surface area (Å²) in [4.78, 5) is 16.1. The second-order valence-corrected chi connectivity index (χ2v) is 11.2. The molecule has 6 rings (SSSR count). The summed E-state index contributed by atoms with van der Waals surface area (Å²) < 4.78 is 5.99. The normalized spacial score (nSPS) is 38.2. The predicted octanol–water partition coefficient (Wildman–Crippen LogP) is 4.00. The molecule has 1 amide bonds. The summed E-state index contributed by atoms with van der Waals surface area (Å²) in [6.45, 7) is 9.02. The molecule has 1 N–H and O–H groups in total. The molecule has 5 aliphatic rings. The quantitative estimate of drug-likeness (QED) is 0.771. The molecular formula is C26H38N2O2. The molecule has 30 heavy (non-hydrogen) atoms. The third kappa shape index (κ3) is 3.82. The van der Waals surface area contributed by atoms with Crippen LogP contribution >= 0.6 is 0 Å². The zero-order chi connectivity index (χ0) is 20.8. The van der Waals surface area contributed by atoms with E-state index < -0.39 is 0 Å². The largest absolute Gasteiger partial charge is 0.374 e. The van der Waals surface area contributed by atoms with Gasteiger partial charge >= 0.3 is 0 Å². The van der Waals surface area contributed by atoms with E-state index in [1.165, 1.54) is 24.8 Å². The first-order chi connectivity index (χ1) is 14.5. The summed E-state index contributed by atoms with van der Waals surface area (Å²) in [6.07, 6.45) is 7.23. The highest BCUT2D eigenvalue weighted by Gasteiger charge is 2.60. The second-order valence-electron chi connectivity index (χ2n) is 11.2. The van der Waals surface area contributed by atoms with Crippen molar-refractivity contribution in [3.8, 4) is 0 Å². The van der Waals surface area contributed by atoms with Crippen molar-refractivity contribution in [1.29, 1.82) is 0 Å². The maximum absolute atomic E-state index is 13.6. The summed E-state index contributed by atoms with van der Waals surface area (Å²) >= 11 is 0. The number of benzene rings is 1. The summed E-state index contributed by atoms with van der Waals surface area (Å²) in [5, 5.41) is 3.36. The van der Waals surface area contributed by atoms with Crippen molar-refractivity contribution in [2.75, 3.05) is 32.8 Å². The zero-order valence-electron chi connectivity index (χ0n) is 18.7. The number of nitrogens with zero attached hydrogens (tertiary/aromatic N) is 1. The Morgan fingerprint density at radius 2 is 1.90 bits per heavy atom. The highest BCUT2D eigenvalue weighted by molar-refractivity contribution is 5.83. The summed E-state index contributed by atoms with van der Waals surface area (Å²) in [5.74, 6) is 2.40. The molecule has 164 valence electrons. The van der Waals surface area contributed by atoms with Crippen LogP contribution in [0.1, 0.15) is 57.9 Å². The minimum atomic E-state index is -0.161. The number of hydrogen-bond donors (Lipinski definition) is 1. The average Bonchev–Trinajstić information content (AvgIpc) is 2.71. The van der Waals surface area contributed by atoms with Crippen molar-refractivity contribution in [2.45, 2.75) is 63.9 Å². The number of rotatable bonds is 6. The minimum Gasteiger partial charge on any atom is -0.374 e. The van der Waals surface area contributed by atoms with E-state index in [1.807, 2.05) is 0 Å². The van der Waals surface area contributed by atoms with Crippen LogP contribution in [0.25, 0.3) is 0 Å². The van der Waals surface area contributed by atoms with Crippen LogP contribution in [0.2, 0.25) is 0 Å². The van der Waals surface area contributed by atoms with E-state index in [9.17, 15) is 4.79 Å². The van der Waals surface area contributed by atoms with Gasteiger partial charge in [-0.25, -0.2) is 0 Å². The van der Waals surface area contributed by atoms with Gasteiger partial charge in [0.15, 0.2) is 0 Å². The number of morpholine rings is 1. The zero-order valence-corrected chi connectivity index (χ0v) is 18.7. The van der Waals surface area contributed by atoms with Crippen LogP contribution in [0, 0.1) is 23.2 Å². The highest BCUT2D eigenvalue weighted by Crippen LogP contribution is 2.65. The average molecular weight is 411 g/mol. The summed E-state index contributed by atoms with van der Waals surface area (Å²) in [5.41, 5.74) is 1.53. The Bertz CT molecular complexity index is 748. The number of hydrogen-bond acceptors (Lipinski definition) is 3. The molecule has 4 heteroatoms. The van der Waals surface area contributed by atoms with Crippen LogP contribution in [0.3, 0.4) is 0 Å². The number of ether oxygens (including phenoxy) is 1. The fourth-order valence-corrected chi connectivity index (χ4v) is 7.64. The minimum absolute atomic E-state index is 0.124. The van der Waals surface area contributed by atoms with E-state index in [1.54, 1.807) is 0 Å². The first kappa shape index (κ1) is 20.5. The molecular weight excluding hydrogens is 372 g/mol. The van der Waals surface area contributed by atoms with E-state index in [2.05, 4.69) is 54.4 Å². The maximum atomic E-state index is 13.6. The van der Waals surface area contributed by atoms with Crippen LogP contribution in [0.4, 0.5) is 0 Å². The second kappa shape index (κ2) is 7.94. The number of amides is 1. The Morgan fingerprint density at radius 3 is 2.60 bits per heavy atom. The van der Waals surface area contributed by atoms with Gasteiger partial charge in [0.05, 0.1) is 18.1 Å². The molecule has 5 fully saturated rings. The van der Waals surface area contributed by atoms with Gasteiger partial charge in [-0.15, -0.1) is 0 Å². The van der Waals surface area contributed by atoms with Crippen molar-refractivity contribution in [2.24, 2.45) is 23.2 Å². The van der Waals surface area contributed by atoms with Gasteiger partial charge in [-0.2, -0.15) is 0 Å². The third-order valence-electron chi connectivity index (χ3n) is 8.27. The lowest BCUT2D eigenvalue weighted by Gasteiger charge is -2.61. The van der Waals surface area contributed by atoms with Crippen LogP contribution in [-0.2, 0) is 14.9 Å². The van der Waals surface area contributed by atoms with Crippen molar-refractivity contribution >= 4 is 5.91 Å². The molecule has 3 atom stereocenters. The van der Waals surface area contributed by atoms with Crippen molar-refractivity contribution in [3.63, 3.8) is 0 Å². The van der Waals surface area contributed by atoms with Gasteiger partial charge in [0, 0.05) is 26.2 Å². The van der Waals surface area contributed by atoms with Gasteiger partial charge in [0.1, 0.15) is 0 Å². The lowest BCUT2D eigenvalue weighted by atomic mass is 9.42. The fourth-order valence-electron chi connectivity index (χ4n) is 7.64. The lowest BCUT2D eigenvalue weighted by Crippen LogP contribution is -2.60. The molecule has 0 radical (unpaired) electrons. The molecule has 4 aliphatic carbocycles. The monoisotopic (exact) mass is 410 g/mol. The fraction of sp³-hybridized carbons (Fsp3) is 0.731. The predicted molar refractivity (Wildman–Crippen MR) is 119 cm³/mol. The Hall–Kier alpha value is -1.39. The van der Waals surface area contributed by atoms with Gasteiger partial charge < -0.3 is 10.1 Å². The van der Waals surface area contributed by atoms with E-state index in [0.29, 0.717) is 30.2 Å². The molecule has 4 nitrogen and oxygen atoms in total. The van der Waals surface area contributed by atoms with Crippen molar-refractivity contribution < 1.29 is 9.53 Å². The number of carbonyl (C=O) groups is 1. The molecule has 0 aromatic heterocycles. The van der Waals surface area contributed by atoms with Crippen LogP contribution < -0.4 is 5.32 Å². The molecule has 1 heterocycles. The van der Waals surface area contributed by atoms with E-state index in [4.69, 9.17) is 4.74 Å². The van der Waals surface area contributed by atoms with Gasteiger partial charge in [0.25, 0.3) is 0 Å². The number of carbonyl (C=O) groups excluding carboxylic acids is 1. The molecule has 0 spiro atoms. The van der Waals surface area contributed by atoms with E-state index >= 15 is 0 Å². The van der Waals surface area contributed by atoms with Gasteiger partial charge in [-0.1, -0.05) is 44.2 Å². The standard InChI is InChI=1S/C26H38N2O2/c1-19(2)16-28-8-9-30-23(17-28)15-27-24(29)26-13-20-10-21(14-26)12-25(11-20,18-26)22-6-4-3-5-7-22/h3-7,19-21,23H,8-18H2,1-2H3,(H,27,29). The van der Waals surface area contributed by atoms with Gasteiger partial charge in [0.2, 0.25) is 5.91 Å². The van der Waals surface area contributed by atoms with Crippen molar-refractivity contribution in [1.82, 2.24) is 10.2 Å². The van der Waals surface area contributed by atoms with E-state index in [-0.39, 0.29) is 16.9 Å². The van der Waals surface area contributed by atoms with Crippen LogP contribution in [0.15, 0.2) is 30.3 Å². The molecule has 1 aromatic carbocycles. The van der Waals surface area contributed by atoms with Gasteiger partial charge in [-0.3, -0.25) is 9.69 Å². The Kier molecular flexibility index (Phi) is 5.43. The Morgan fingerprint density at radius 1 is 1.17 bits per heavy atom. The first-order valence-corrected chi connectivity index (χ1v) is 12.1. The Labute approximate surface area is 181 Å². The van der Waals surface area contributed by atoms with Crippen LogP contribution in [0.5, 0.6) is 0 Å².